The van der Waals surface area contributed by atoms with Crippen molar-refractivity contribution in [2.45, 2.75) is 12.5 Å². The van der Waals surface area contributed by atoms with E-state index in [1.165, 1.54) is 0 Å². The van der Waals surface area contributed by atoms with Crippen molar-refractivity contribution in [1.29, 1.82) is 0 Å². The van der Waals surface area contributed by atoms with Gasteiger partial charge in [0, 0.05) is 6.42 Å². The Morgan fingerprint density at radius 1 is 1.50 bits per heavy atom. The van der Waals surface area contributed by atoms with Crippen LogP contribution >= 0.6 is 0 Å². The van der Waals surface area contributed by atoms with E-state index >= 15 is 0 Å². The van der Waals surface area contributed by atoms with Crippen molar-refractivity contribution in [2.24, 2.45) is 0 Å². The number of nitrogens with one attached hydrogen (secondary N) is 1. The molecule has 0 saturated carbocycles. The average Bonchev–Trinajstić information content (AvgIpc) is 2.17. The molecule has 2 N–H and O–H groups in total. The fourth-order valence-electron chi connectivity index (χ4n) is 1.15. The first-order chi connectivity index (χ1) is 6.72. The zero-order valence-corrected chi connectivity index (χ0v) is 7.60. The molecule has 1 aromatic carbocycles. The molecule has 0 radical (unpaired) electrons. The van der Waals surface area contributed by atoms with E-state index in [1.54, 1.807) is 0 Å². The van der Waals surface area contributed by atoms with Crippen LogP contribution in [0.4, 0.5) is 4.79 Å². The molecule has 0 unspecified atom stereocenters. The fourth-order valence-corrected chi connectivity index (χ4v) is 1.15. The first-order valence-electron chi connectivity index (χ1n) is 4.22. The third-order valence-corrected chi connectivity index (χ3v) is 1.78. The third-order valence-electron chi connectivity index (χ3n) is 1.78. The van der Waals surface area contributed by atoms with Crippen LogP contribution in [0.15, 0.2) is 30.3 Å². The number of terminal acetylenes is 1. The Morgan fingerprint density at radius 2 is 2.14 bits per heavy atom. The summed E-state index contributed by atoms with van der Waals surface area (Å²) in [4.78, 5) is 10.4. The second-order valence-corrected chi connectivity index (χ2v) is 2.86. The zero-order chi connectivity index (χ0) is 10.4. The topological polar surface area (TPSA) is 49.3 Å². The Balaban J connectivity index is 2.58. The molecule has 1 amide bonds. The quantitative estimate of drug-likeness (QED) is 0.708. The molecule has 1 rings (SSSR count). The molecule has 0 bridgehead atoms. The molecular weight excluding hydrogens is 178 g/mol. The van der Waals surface area contributed by atoms with Crippen molar-refractivity contribution >= 4 is 6.09 Å². The number of hydrogen-bond donors (Lipinski definition) is 2. The predicted octanol–water partition coefficient (Wildman–Crippen LogP) is 1.50. The Hall–Kier alpha value is -1.95. The van der Waals surface area contributed by atoms with Crippen molar-refractivity contribution in [3.05, 3.63) is 35.9 Å². The highest BCUT2D eigenvalue weighted by Crippen LogP contribution is 2.02. The summed E-state index contributed by atoms with van der Waals surface area (Å²) in [5.74, 6) is 2.39. The largest absolute Gasteiger partial charge is 0.465 e. The van der Waals surface area contributed by atoms with Crippen LogP contribution in [0.1, 0.15) is 5.56 Å². The fraction of sp³-hybridized carbons (Fsp3) is 0.182. The molecule has 3 heteroatoms. The Kier molecular flexibility index (Phi) is 3.57. The molecule has 14 heavy (non-hydrogen) atoms. The van der Waals surface area contributed by atoms with Gasteiger partial charge in [0.05, 0.1) is 6.04 Å². The van der Waals surface area contributed by atoms with Gasteiger partial charge in [0.2, 0.25) is 0 Å². The maximum atomic E-state index is 10.4. The van der Waals surface area contributed by atoms with Gasteiger partial charge in [-0.2, -0.15) is 0 Å². The van der Waals surface area contributed by atoms with Gasteiger partial charge in [-0.15, -0.1) is 6.42 Å². The van der Waals surface area contributed by atoms with Crippen molar-refractivity contribution in [1.82, 2.24) is 5.32 Å². The second kappa shape index (κ2) is 4.93. The first kappa shape index (κ1) is 10.1. The molecule has 0 fully saturated rings. The lowest BCUT2D eigenvalue weighted by molar-refractivity contribution is 0.192. The van der Waals surface area contributed by atoms with E-state index in [9.17, 15) is 4.79 Å². The van der Waals surface area contributed by atoms with Gasteiger partial charge in [0.15, 0.2) is 0 Å². The highest BCUT2D eigenvalue weighted by molar-refractivity contribution is 5.65. The van der Waals surface area contributed by atoms with Gasteiger partial charge in [0.1, 0.15) is 0 Å². The van der Waals surface area contributed by atoms with E-state index in [4.69, 9.17) is 11.5 Å². The number of carboxylic acid groups (broad SMARTS) is 1. The van der Waals surface area contributed by atoms with E-state index in [0.717, 1.165) is 5.56 Å². The molecule has 0 aliphatic heterocycles. The molecule has 3 nitrogen and oxygen atoms in total. The van der Waals surface area contributed by atoms with Gasteiger partial charge in [-0.1, -0.05) is 36.3 Å². The van der Waals surface area contributed by atoms with Crippen molar-refractivity contribution < 1.29 is 9.90 Å². The highest BCUT2D eigenvalue weighted by Gasteiger charge is 2.07. The van der Waals surface area contributed by atoms with E-state index in [2.05, 4.69) is 11.2 Å². The minimum Gasteiger partial charge on any atom is -0.465 e. The van der Waals surface area contributed by atoms with Gasteiger partial charge < -0.3 is 10.4 Å². The van der Waals surface area contributed by atoms with Gasteiger partial charge in [-0.3, -0.25) is 0 Å². The molecule has 0 saturated heterocycles. The lowest BCUT2D eigenvalue weighted by Crippen LogP contribution is -2.33. The Morgan fingerprint density at radius 3 is 2.64 bits per heavy atom. The van der Waals surface area contributed by atoms with Crippen molar-refractivity contribution in [3.8, 4) is 12.3 Å². The predicted molar refractivity (Wildman–Crippen MR) is 53.9 cm³/mol. The molecule has 0 spiro atoms. The molecule has 0 aromatic heterocycles. The summed E-state index contributed by atoms with van der Waals surface area (Å²) in [7, 11) is 0. The number of hydrogen-bond acceptors (Lipinski definition) is 1. The van der Waals surface area contributed by atoms with E-state index < -0.39 is 12.1 Å². The molecular formula is C11H11NO2. The minimum absolute atomic E-state index is 0.463. The van der Waals surface area contributed by atoms with E-state index in [-0.39, 0.29) is 0 Å². The summed E-state index contributed by atoms with van der Waals surface area (Å²) in [5.41, 5.74) is 1.02. The van der Waals surface area contributed by atoms with Crippen LogP contribution in [0.5, 0.6) is 0 Å². The summed E-state index contributed by atoms with van der Waals surface area (Å²) in [6.07, 6.45) is 4.62. The van der Waals surface area contributed by atoms with E-state index in [0.29, 0.717) is 6.42 Å². The summed E-state index contributed by atoms with van der Waals surface area (Å²) < 4.78 is 0. The Bertz CT molecular complexity index is 340. The van der Waals surface area contributed by atoms with Gasteiger partial charge in [-0.25, -0.2) is 4.79 Å². The maximum Gasteiger partial charge on any atom is 0.405 e. The smallest absolute Gasteiger partial charge is 0.405 e. The zero-order valence-electron chi connectivity index (χ0n) is 7.60. The summed E-state index contributed by atoms with van der Waals surface area (Å²) in [5, 5.41) is 10.7. The molecule has 0 aliphatic carbocycles. The normalized spacial score (nSPS) is 11.4. The standard InChI is InChI=1S/C11H11NO2/c1-2-10(12-11(13)14)8-9-6-4-3-5-7-9/h1,3-7,10,12H,8H2,(H,13,14)/t10-/m1/s1. The number of carbonyl (C=O) groups is 1. The van der Waals surface area contributed by atoms with Gasteiger partial charge >= 0.3 is 6.09 Å². The first-order valence-corrected chi connectivity index (χ1v) is 4.22. The number of rotatable bonds is 3. The van der Waals surface area contributed by atoms with Gasteiger partial charge in [0.25, 0.3) is 0 Å². The molecule has 1 aromatic rings. The monoisotopic (exact) mass is 189 g/mol. The number of benzene rings is 1. The minimum atomic E-state index is -1.09. The summed E-state index contributed by atoms with van der Waals surface area (Å²) >= 11 is 0. The van der Waals surface area contributed by atoms with Crippen LogP contribution in [-0.4, -0.2) is 17.2 Å². The summed E-state index contributed by atoms with van der Waals surface area (Å²) in [6.45, 7) is 0. The Labute approximate surface area is 82.8 Å². The van der Waals surface area contributed by atoms with Crippen molar-refractivity contribution in [3.63, 3.8) is 0 Å². The van der Waals surface area contributed by atoms with Gasteiger partial charge in [-0.05, 0) is 5.56 Å². The van der Waals surface area contributed by atoms with Crippen LogP contribution in [-0.2, 0) is 6.42 Å². The third kappa shape index (κ3) is 3.20. The van der Waals surface area contributed by atoms with Crippen LogP contribution in [0.25, 0.3) is 0 Å². The van der Waals surface area contributed by atoms with E-state index in [1.807, 2.05) is 30.3 Å². The van der Waals surface area contributed by atoms with Crippen LogP contribution in [0.3, 0.4) is 0 Å². The van der Waals surface area contributed by atoms with Crippen LogP contribution in [0, 0.1) is 12.3 Å². The highest BCUT2D eigenvalue weighted by atomic mass is 16.4. The summed E-state index contributed by atoms with van der Waals surface area (Å²) in [6, 6.07) is 9.04. The molecule has 1 atom stereocenters. The lowest BCUT2D eigenvalue weighted by atomic mass is 10.1. The maximum absolute atomic E-state index is 10.4. The van der Waals surface area contributed by atoms with Crippen molar-refractivity contribution in [2.75, 3.05) is 0 Å². The SMILES string of the molecule is C#C[C@H](Cc1ccccc1)NC(=O)O. The molecule has 72 valence electrons. The average molecular weight is 189 g/mol. The van der Waals surface area contributed by atoms with Crippen LogP contribution in [0.2, 0.25) is 0 Å². The number of amides is 1. The molecule has 0 aliphatic rings. The van der Waals surface area contributed by atoms with Crippen LogP contribution < -0.4 is 5.32 Å². The second-order valence-electron chi connectivity index (χ2n) is 2.86. The lowest BCUT2D eigenvalue weighted by Gasteiger charge is -2.09. The molecule has 0 heterocycles.